The summed E-state index contributed by atoms with van der Waals surface area (Å²) in [5.41, 5.74) is 6.10. The van der Waals surface area contributed by atoms with Crippen LogP contribution < -0.4 is 10.6 Å². The number of H-pyrrole nitrogens is 2. The van der Waals surface area contributed by atoms with Crippen LogP contribution in [0.1, 0.15) is 90.0 Å². The maximum atomic E-state index is 13.9. The third-order valence-corrected chi connectivity index (χ3v) is 12.8. The molecule has 4 N–H and O–H groups in total. The lowest BCUT2D eigenvalue weighted by atomic mass is 10.0. The van der Waals surface area contributed by atoms with Crippen LogP contribution in [-0.2, 0) is 19.1 Å². The first kappa shape index (κ1) is 39.2. The van der Waals surface area contributed by atoms with Gasteiger partial charge in [-0.05, 0) is 83.4 Å². The normalized spacial score (nSPS) is 21.0. The fourth-order valence-electron chi connectivity index (χ4n) is 8.89. The van der Waals surface area contributed by atoms with E-state index in [0.717, 1.165) is 83.8 Å². The van der Waals surface area contributed by atoms with Gasteiger partial charge in [0, 0.05) is 13.1 Å². The zero-order valence-electron chi connectivity index (χ0n) is 34.1. The summed E-state index contributed by atoms with van der Waals surface area (Å²) in [5.74, 6) is 1.08. The molecule has 14 heteroatoms. The molecule has 4 heterocycles. The highest BCUT2D eigenvalue weighted by atomic mass is 16.5. The first-order valence-electron chi connectivity index (χ1n) is 20.4. The third-order valence-electron chi connectivity index (χ3n) is 12.8. The van der Waals surface area contributed by atoms with Gasteiger partial charge in [-0.1, -0.05) is 76.2 Å². The van der Waals surface area contributed by atoms with E-state index in [0.29, 0.717) is 13.1 Å². The molecule has 2 saturated carbocycles. The second kappa shape index (κ2) is 15.3. The van der Waals surface area contributed by atoms with Gasteiger partial charge in [0.25, 0.3) is 0 Å². The number of amides is 4. The van der Waals surface area contributed by atoms with Gasteiger partial charge in [-0.25, -0.2) is 19.6 Å². The molecule has 306 valence electrons. The summed E-state index contributed by atoms with van der Waals surface area (Å²) < 4.78 is 9.62. The van der Waals surface area contributed by atoms with E-state index in [1.54, 1.807) is 0 Å². The molecule has 2 aliphatic heterocycles. The van der Waals surface area contributed by atoms with Crippen LogP contribution in [0.15, 0.2) is 60.9 Å². The number of aromatic amines is 2. The fraction of sp³-hybridized carbons (Fsp3) is 0.500. The zero-order valence-corrected chi connectivity index (χ0v) is 34.1. The van der Waals surface area contributed by atoms with Crippen LogP contribution in [-0.4, -0.2) is 93.1 Å². The van der Waals surface area contributed by atoms with E-state index in [1.807, 2.05) is 49.9 Å². The Kier molecular flexibility index (Phi) is 10.3. The molecule has 4 atom stereocenters. The molecule has 0 bridgehead atoms. The lowest BCUT2D eigenvalue weighted by Crippen LogP contribution is -2.51. The molecule has 2 spiro atoms. The average Bonchev–Trinajstić information content (AvgIpc) is 3.80. The van der Waals surface area contributed by atoms with Gasteiger partial charge in [0.15, 0.2) is 0 Å². The summed E-state index contributed by atoms with van der Waals surface area (Å²) in [6.45, 7) is 9.00. The predicted octanol–water partition coefficient (Wildman–Crippen LogP) is 7.00. The van der Waals surface area contributed by atoms with Crippen LogP contribution in [0.25, 0.3) is 33.6 Å². The Bertz CT molecular complexity index is 2010. The van der Waals surface area contributed by atoms with Gasteiger partial charge in [0.1, 0.15) is 23.7 Å². The Morgan fingerprint density at radius 2 is 0.966 bits per heavy atom. The van der Waals surface area contributed by atoms with E-state index >= 15 is 0 Å². The van der Waals surface area contributed by atoms with Gasteiger partial charge in [-0.3, -0.25) is 9.59 Å². The summed E-state index contributed by atoms with van der Waals surface area (Å²) in [6, 6.07) is 14.9. The lowest BCUT2D eigenvalue weighted by Gasteiger charge is -2.30. The summed E-state index contributed by atoms with van der Waals surface area (Å²) in [4.78, 5) is 72.3. The Morgan fingerprint density at radius 1 is 0.621 bits per heavy atom. The summed E-state index contributed by atoms with van der Waals surface area (Å²) >= 11 is 0. The number of benzene rings is 2. The number of hydrogen-bond donors (Lipinski definition) is 4. The van der Waals surface area contributed by atoms with E-state index in [1.165, 1.54) is 14.2 Å². The smallest absolute Gasteiger partial charge is 0.407 e. The second-order valence-electron chi connectivity index (χ2n) is 17.6. The number of carbonyl (C=O) groups excluding carboxylic acids is 4. The number of imidazole rings is 2. The van der Waals surface area contributed by atoms with Crippen LogP contribution >= 0.6 is 0 Å². The number of nitrogens with zero attached hydrogens (tertiary/aromatic N) is 4. The van der Waals surface area contributed by atoms with Crippen molar-refractivity contribution in [1.29, 1.82) is 0 Å². The molecular formula is C44H54N8O6. The van der Waals surface area contributed by atoms with Crippen molar-refractivity contribution >= 4 is 24.0 Å². The van der Waals surface area contributed by atoms with E-state index in [2.05, 4.69) is 69.1 Å². The van der Waals surface area contributed by atoms with Crippen LogP contribution in [0.4, 0.5) is 9.59 Å². The average molecular weight is 791 g/mol. The van der Waals surface area contributed by atoms with Crippen LogP contribution in [0.3, 0.4) is 0 Å². The lowest BCUT2D eigenvalue weighted by molar-refractivity contribution is -0.136. The Hall–Kier alpha value is -5.66. The van der Waals surface area contributed by atoms with E-state index in [-0.39, 0.29) is 46.6 Å². The Labute approximate surface area is 338 Å². The molecule has 2 aromatic carbocycles. The molecule has 0 radical (unpaired) electrons. The van der Waals surface area contributed by atoms with Crippen molar-refractivity contribution in [2.45, 2.75) is 90.4 Å². The van der Waals surface area contributed by atoms with E-state index in [4.69, 9.17) is 19.4 Å². The maximum absolute atomic E-state index is 13.9. The molecule has 2 aromatic heterocycles. The number of methoxy groups -OCH3 is 2. The summed E-state index contributed by atoms with van der Waals surface area (Å²) in [6.07, 6.45) is 8.47. The zero-order chi connectivity index (χ0) is 40.9. The van der Waals surface area contributed by atoms with Gasteiger partial charge in [0.2, 0.25) is 11.8 Å². The number of carbonyl (C=O) groups is 4. The monoisotopic (exact) mass is 790 g/mol. The van der Waals surface area contributed by atoms with Crippen molar-refractivity contribution < 1.29 is 28.7 Å². The minimum atomic E-state index is -0.686. The molecule has 4 fully saturated rings. The molecule has 58 heavy (non-hydrogen) atoms. The first-order chi connectivity index (χ1) is 27.8. The molecule has 2 unspecified atom stereocenters. The van der Waals surface area contributed by atoms with Crippen molar-refractivity contribution in [3.05, 3.63) is 72.6 Å². The highest BCUT2D eigenvalue weighted by molar-refractivity contribution is 5.87. The topological polar surface area (TPSA) is 175 Å². The van der Waals surface area contributed by atoms with E-state index in [9.17, 15) is 19.2 Å². The van der Waals surface area contributed by atoms with Crippen molar-refractivity contribution in [1.82, 2.24) is 40.4 Å². The van der Waals surface area contributed by atoms with Crippen LogP contribution in [0.5, 0.6) is 0 Å². The van der Waals surface area contributed by atoms with Gasteiger partial charge in [0.05, 0.1) is 50.1 Å². The molecular weight excluding hydrogens is 737 g/mol. The molecule has 14 nitrogen and oxygen atoms in total. The Morgan fingerprint density at radius 3 is 1.28 bits per heavy atom. The van der Waals surface area contributed by atoms with Gasteiger partial charge in [-0.2, -0.15) is 0 Å². The van der Waals surface area contributed by atoms with Crippen molar-refractivity contribution in [2.75, 3.05) is 27.3 Å². The molecule has 4 aliphatic rings. The number of aromatic nitrogens is 4. The summed E-state index contributed by atoms with van der Waals surface area (Å²) in [7, 11) is 2.61. The number of alkyl carbamates (subject to hydrolysis) is 2. The number of likely N-dealkylation sites (tertiary alicyclic amines) is 2. The van der Waals surface area contributed by atoms with Gasteiger partial charge in [-0.15, -0.1) is 0 Å². The summed E-state index contributed by atoms with van der Waals surface area (Å²) in [5, 5.41) is 5.49. The number of hydrogen-bond acceptors (Lipinski definition) is 8. The fourth-order valence-corrected chi connectivity index (χ4v) is 8.89. The second-order valence-corrected chi connectivity index (χ2v) is 17.6. The van der Waals surface area contributed by atoms with Crippen molar-refractivity contribution in [2.24, 2.45) is 22.7 Å². The highest BCUT2D eigenvalue weighted by Gasteiger charge is 2.56. The van der Waals surface area contributed by atoms with Gasteiger partial charge >= 0.3 is 12.2 Å². The predicted molar refractivity (Wildman–Crippen MR) is 217 cm³/mol. The minimum absolute atomic E-state index is 0.104. The van der Waals surface area contributed by atoms with Crippen molar-refractivity contribution in [3.63, 3.8) is 0 Å². The van der Waals surface area contributed by atoms with Crippen LogP contribution in [0.2, 0.25) is 0 Å². The molecule has 8 rings (SSSR count). The number of ether oxygens (including phenoxy) is 2. The Balaban J connectivity index is 0.944. The molecule has 4 aromatic rings. The van der Waals surface area contributed by atoms with E-state index < -0.39 is 24.3 Å². The SMILES string of the molecule is COC(=O)N[C@H](C(=O)N1CC2(CC2)CC1c1ncc(-c2ccc(-c3ccc(-c4cnc(C5CC6(CC6)CN5C(=O)[C@@H](NC(=O)OC)C(C)C)[nH]4)cc3)cc2)[nH]1)C(C)C. The first-order valence-corrected chi connectivity index (χ1v) is 20.4. The number of nitrogens with one attached hydrogen (secondary N) is 4. The third kappa shape index (κ3) is 7.68. The standard InChI is InChI=1S/C44H54N8O6/c1-25(2)35(49-41(55)57-5)39(53)51-23-43(15-16-43)19-33(51)37-45-21-31(47-37)29-11-7-27(8-12-29)28-9-13-30(14-10-28)32-22-46-38(48-32)34-20-44(17-18-44)24-52(34)40(54)36(26(3)4)50-42(56)58-6/h7-14,21-22,25-26,33-36H,15-20,23-24H2,1-6H3,(H,45,47)(H,46,48)(H,49,55)(H,50,56)/t33?,34?,35-,36-/m0/s1. The highest BCUT2D eigenvalue weighted by Crippen LogP contribution is 2.59. The van der Waals surface area contributed by atoms with Crippen molar-refractivity contribution in [3.8, 4) is 33.6 Å². The van der Waals surface area contributed by atoms with Gasteiger partial charge < -0.3 is 39.9 Å². The number of rotatable bonds is 11. The quantitative estimate of drug-likeness (QED) is 0.126. The maximum Gasteiger partial charge on any atom is 0.407 e. The molecule has 4 amide bonds. The molecule has 2 saturated heterocycles. The minimum Gasteiger partial charge on any atom is -0.453 e. The largest absolute Gasteiger partial charge is 0.453 e. The molecule has 2 aliphatic carbocycles. The van der Waals surface area contributed by atoms with Crippen LogP contribution in [0, 0.1) is 22.7 Å².